The Hall–Kier alpha value is -2.94. The van der Waals surface area contributed by atoms with Crippen LogP contribution in [-0.4, -0.2) is 34.3 Å². The molecule has 1 aliphatic heterocycles. The average molecular weight is 377 g/mol. The lowest BCUT2D eigenvalue weighted by Crippen LogP contribution is -2.58. The molecule has 3 rings (SSSR count). The SMILES string of the molecule is Cc1cc2c(cc1S(=O)(=O)Nc1ccc(F)cc1)=[N+](C)C(=O)C(=O)[N+]=2C. The Morgan fingerprint density at radius 3 is 1.96 bits per heavy atom. The van der Waals surface area contributed by atoms with Gasteiger partial charge in [-0.1, -0.05) is 0 Å². The molecule has 0 radical (unpaired) electrons. The van der Waals surface area contributed by atoms with Gasteiger partial charge >= 0.3 is 11.8 Å². The molecule has 1 N–H and O–H groups in total. The number of halogens is 1. The minimum Gasteiger partial charge on any atom is -0.280 e. The topological polar surface area (TPSA) is 86.3 Å². The van der Waals surface area contributed by atoms with Gasteiger partial charge in [-0.2, -0.15) is 0 Å². The third-order valence-corrected chi connectivity index (χ3v) is 5.70. The molecule has 7 nitrogen and oxygen atoms in total. The van der Waals surface area contributed by atoms with Crippen molar-refractivity contribution in [3.63, 3.8) is 0 Å². The van der Waals surface area contributed by atoms with E-state index < -0.39 is 27.7 Å². The lowest BCUT2D eigenvalue weighted by Gasteiger charge is -2.10. The highest BCUT2D eigenvalue weighted by atomic mass is 32.2. The summed E-state index contributed by atoms with van der Waals surface area (Å²) in [5, 5.41) is 0.748. The minimum atomic E-state index is -3.98. The molecule has 1 heterocycles. The van der Waals surface area contributed by atoms with Crippen molar-refractivity contribution in [3.8, 4) is 0 Å². The number of benzene rings is 2. The van der Waals surface area contributed by atoms with Crippen LogP contribution in [-0.2, 0) is 19.6 Å². The molecule has 0 saturated carbocycles. The second-order valence-electron chi connectivity index (χ2n) is 5.95. The number of nitrogens with zero attached hydrogens (tertiary/aromatic N) is 2. The van der Waals surface area contributed by atoms with E-state index >= 15 is 0 Å². The zero-order chi connectivity index (χ0) is 19.2. The van der Waals surface area contributed by atoms with E-state index in [4.69, 9.17) is 0 Å². The molecule has 0 fully saturated rings. The molecule has 2 aromatic rings. The van der Waals surface area contributed by atoms with E-state index in [1.165, 1.54) is 42.9 Å². The van der Waals surface area contributed by atoms with Gasteiger partial charge in [0.1, 0.15) is 19.9 Å². The Labute approximate surface area is 148 Å². The number of carbonyl (C=O) groups excluding carboxylic acids is 2. The third kappa shape index (κ3) is 2.90. The van der Waals surface area contributed by atoms with E-state index in [1.807, 2.05) is 0 Å². The Morgan fingerprint density at radius 1 is 0.923 bits per heavy atom. The van der Waals surface area contributed by atoms with Gasteiger partial charge < -0.3 is 0 Å². The lowest BCUT2D eigenvalue weighted by molar-refractivity contribution is -0.141. The number of sulfonamides is 1. The number of hydrogen-bond acceptors (Lipinski definition) is 4. The summed E-state index contributed by atoms with van der Waals surface area (Å²) in [6.45, 7) is 1.59. The van der Waals surface area contributed by atoms with Gasteiger partial charge in [0, 0.05) is 17.8 Å². The molecule has 0 aromatic heterocycles. The van der Waals surface area contributed by atoms with Crippen molar-refractivity contribution < 1.29 is 22.4 Å². The van der Waals surface area contributed by atoms with Crippen molar-refractivity contribution in [3.05, 3.63) is 58.5 Å². The highest BCUT2D eigenvalue weighted by Crippen LogP contribution is 2.17. The van der Waals surface area contributed by atoms with Gasteiger partial charge in [-0.05, 0) is 36.8 Å². The van der Waals surface area contributed by atoms with Crippen molar-refractivity contribution in [2.75, 3.05) is 18.8 Å². The summed E-state index contributed by atoms with van der Waals surface area (Å²) in [5.74, 6) is -1.93. The Morgan fingerprint density at radius 2 is 1.42 bits per heavy atom. The summed E-state index contributed by atoms with van der Waals surface area (Å²) < 4.78 is 43.2. The number of fused-ring (bicyclic) bond motifs is 1. The fourth-order valence-electron chi connectivity index (χ4n) is 2.72. The molecule has 26 heavy (non-hydrogen) atoms. The largest absolute Gasteiger partial charge is 0.528 e. The molecule has 1 aliphatic rings. The molecule has 0 unspecified atom stereocenters. The number of amides is 2. The molecule has 9 heteroatoms. The van der Waals surface area contributed by atoms with E-state index in [-0.39, 0.29) is 10.6 Å². The predicted octanol–water partition coefficient (Wildman–Crippen LogP) is -0.756. The fourth-order valence-corrected chi connectivity index (χ4v) is 4.03. The van der Waals surface area contributed by atoms with Gasteiger partial charge in [0.15, 0.2) is 0 Å². The van der Waals surface area contributed by atoms with Gasteiger partial charge in [-0.3, -0.25) is 4.72 Å². The van der Waals surface area contributed by atoms with Gasteiger partial charge in [0.25, 0.3) is 20.7 Å². The van der Waals surface area contributed by atoms with Crippen molar-refractivity contribution in [1.82, 2.24) is 9.15 Å². The van der Waals surface area contributed by atoms with Gasteiger partial charge in [-0.15, -0.1) is 9.15 Å². The van der Waals surface area contributed by atoms with Crippen LogP contribution >= 0.6 is 0 Å². The van der Waals surface area contributed by atoms with Crippen LogP contribution < -0.4 is 24.6 Å². The number of nitrogens with one attached hydrogen (secondary N) is 1. The van der Waals surface area contributed by atoms with Crippen LogP contribution in [0.15, 0.2) is 41.3 Å². The number of aryl methyl sites for hydroxylation is 1. The summed E-state index contributed by atoms with van der Waals surface area (Å²) >= 11 is 0. The third-order valence-electron chi connectivity index (χ3n) is 4.17. The second-order valence-corrected chi connectivity index (χ2v) is 7.60. The van der Waals surface area contributed by atoms with Crippen molar-refractivity contribution in [2.45, 2.75) is 11.8 Å². The first kappa shape index (κ1) is 17.9. The first-order valence-corrected chi connectivity index (χ1v) is 9.09. The zero-order valence-corrected chi connectivity index (χ0v) is 15.1. The standard InChI is InChI=1S/C17H16FN3O4S/c1-10-8-13-14(21(3)17(23)16(22)20(13)2)9-15(10)26(24,25)19-12-6-4-11(18)5-7-12/h4-9,19H,1-3H3/q+2. The smallest absolute Gasteiger partial charge is 0.280 e. The van der Waals surface area contributed by atoms with Crippen LogP contribution in [0, 0.1) is 12.7 Å². The van der Waals surface area contributed by atoms with E-state index in [0.717, 1.165) is 16.7 Å². The van der Waals surface area contributed by atoms with Crippen LogP contribution in [0.2, 0.25) is 0 Å². The molecule has 0 aliphatic carbocycles. The summed E-state index contributed by atoms with van der Waals surface area (Å²) in [7, 11) is -1.11. The lowest BCUT2D eigenvalue weighted by atomic mass is 10.2. The molecule has 2 aromatic carbocycles. The van der Waals surface area contributed by atoms with Gasteiger partial charge in [0.05, 0.1) is 4.90 Å². The Kier molecular flexibility index (Phi) is 4.19. The number of likely N-dealkylation sites (N-methyl/N-ethyl adjacent to an activating group) is 2. The number of hydrogen-bond donors (Lipinski definition) is 1. The van der Waals surface area contributed by atoms with E-state index in [2.05, 4.69) is 4.72 Å². The fraction of sp³-hybridized carbons (Fsp3) is 0.176. The molecular weight excluding hydrogens is 361 g/mol. The van der Waals surface area contributed by atoms with E-state index in [1.54, 1.807) is 6.92 Å². The Bertz CT molecular complexity index is 1190. The average Bonchev–Trinajstić information content (AvgIpc) is 2.59. The highest BCUT2D eigenvalue weighted by molar-refractivity contribution is 7.92. The summed E-state index contributed by atoms with van der Waals surface area (Å²) in [6.07, 6.45) is 0. The van der Waals surface area contributed by atoms with Crippen molar-refractivity contribution >= 4 is 27.5 Å². The monoisotopic (exact) mass is 377 g/mol. The minimum absolute atomic E-state index is 0.0389. The molecule has 134 valence electrons. The summed E-state index contributed by atoms with van der Waals surface area (Å²) in [5.41, 5.74) is 0.612. The molecule has 0 atom stereocenters. The second kappa shape index (κ2) is 6.10. The molecule has 0 spiro atoms. The van der Waals surface area contributed by atoms with Crippen molar-refractivity contribution in [2.24, 2.45) is 0 Å². The molecule has 0 saturated heterocycles. The molecule has 0 bridgehead atoms. The number of rotatable bonds is 3. The maximum absolute atomic E-state index is 13.0. The molecule has 2 amide bonds. The van der Waals surface area contributed by atoms with Crippen LogP contribution in [0.25, 0.3) is 0 Å². The van der Waals surface area contributed by atoms with Crippen molar-refractivity contribution in [1.29, 1.82) is 0 Å². The van der Waals surface area contributed by atoms with Gasteiger partial charge in [-0.25, -0.2) is 22.4 Å². The summed E-state index contributed by atoms with van der Waals surface area (Å²) in [6, 6.07) is 7.79. The highest BCUT2D eigenvalue weighted by Gasteiger charge is 2.39. The van der Waals surface area contributed by atoms with Crippen LogP contribution in [0.5, 0.6) is 0 Å². The Balaban J connectivity index is 2.20. The first-order chi connectivity index (χ1) is 12.1. The zero-order valence-electron chi connectivity index (χ0n) is 14.3. The van der Waals surface area contributed by atoms with E-state index in [0.29, 0.717) is 16.3 Å². The predicted molar refractivity (Wildman–Crippen MR) is 92.0 cm³/mol. The van der Waals surface area contributed by atoms with Gasteiger partial charge in [0.2, 0.25) is 0 Å². The number of carbonyl (C=O) groups is 2. The maximum atomic E-state index is 13.0. The number of anilines is 1. The first-order valence-electron chi connectivity index (χ1n) is 7.60. The van der Waals surface area contributed by atoms with Crippen LogP contribution in [0.3, 0.4) is 0 Å². The quantitative estimate of drug-likeness (QED) is 0.563. The van der Waals surface area contributed by atoms with Crippen LogP contribution in [0.4, 0.5) is 10.1 Å². The summed E-state index contributed by atoms with van der Waals surface area (Å²) in [4.78, 5) is 23.9. The van der Waals surface area contributed by atoms with E-state index in [9.17, 15) is 22.4 Å². The normalized spacial score (nSPS) is 14.5. The maximum Gasteiger partial charge on any atom is 0.528 e. The molecular formula is C17H16FN3O4S+2. The van der Waals surface area contributed by atoms with Crippen LogP contribution in [0.1, 0.15) is 5.56 Å².